The van der Waals surface area contributed by atoms with Gasteiger partial charge in [0.2, 0.25) is 0 Å². The van der Waals surface area contributed by atoms with Gasteiger partial charge in [0.05, 0.1) is 24.8 Å². The molecule has 0 spiro atoms. The van der Waals surface area contributed by atoms with Crippen molar-refractivity contribution in [1.29, 1.82) is 0 Å². The summed E-state index contributed by atoms with van der Waals surface area (Å²) in [4.78, 5) is 28.4. The van der Waals surface area contributed by atoms with Crippen molar-refractivity contribution in [2.45, 2.75) is 45.9 Å². The van der Waals surface area contributed by atoms with E-state index < -0.39 is 17.7 Å². The summed E-state index contributed by atoms with van der Waals surface area (Å²) < 4.78 is 17.3. The zero-order chi connectivity index (χ0) is 26.8. The van der Waals surface area contributed by atoms with E-state index in [4.69, 9.17) is 14.2 Å². The van der Waals surface area contributed by atoms with Crippen molar-refractivity contribution in [2.75, 3.05) is 13.2 Å². The zero-order valence-corrected chi connectivity index (χ0v) is 21.8. The molecule has 38 heavy (non-hydrogen) atoms. The molecule has 7 heteroatoms. The van der Waals surface area contributed by atoms with Gasteiger partial charge in [0.25, 0.3) is 11.7 Å². The number of likely N-dealkylation sites (tertiary alicyclic amines) is 1. The molecule has 0 unspecified atom stereocenters. The van der Waals surface area contributed by atoms with Crippen LogP contribution in [0.1, 0.15) is 49.1 Å². The Labute approximate surface area is 222 Å². The number of hydrogen-bond donors (Lipinski definition) is 1. The first kappa shape index (κ1) is 25.4. The highest BCUT2D eigenvalue weighted by atomic mass is 16.5. The largest absolute Gasteiger partial charge is 0.507 e. The van der Waals surface area contributed by atoms with Gasteiger partial charge in [0.1, 0.15) is 17.6 Å². The number of fused-ring (bicyclic) bond motifs is 1. The molecule has 2 heterocycles. The predicted molar refractivity (Wildman–Crippen MR) is 143 cm³/mol. The molecule has 0 saturated carbocycles. The van der Waals surface area contributed by atoms with Gasteiger partial charge in [-0.15, -0.1) is 0 Å². The minimum absolute atomic E-state index is 0.0414. The Bertz CT molecular complexity index is 1400. The number of aliphatic hydroxyl groups excluding tert-OH is 1. The Morgan fingerprint density at radius 1 is 0.974 bits per heavy atom. The van der Waals surface area contributed by atoms with Crippen LogP contribution in [0.25, 0.3) is 5.76 Å². The fraction of sp³-hybridized carbons (Fsp3) is 0.290. The number of amides is 1. The van der Waals surface area contributed by atoms with E-state index >= 15 is 0 Å². The third-order valence-electron chi connectivity index (χ3n) is 6.79. The summed E-state index contributed by atoms with van der Waals surface area (Å²) in [5.74, 6) is 0.263. The highest BCUT2D eigenvalue weighted by Gasteiger charge is 2.46. The van der Waals surface area contributed by atoms with Crippen molar-refractivity contribution in [1.82, 2.24) is 4.90 Å². The van der Waals surface area contributed by atoms with Gasteiger partial charge in [-0.25, -0.2) is 0 Å². The lowest BCUT2D eigenvalue weighted by atomic mass is 9.94. The Kier molecular flexibility index (Phi) is 7.09. The van der Waals surface area contributed by atoms with Crippen LogP contribution in [0.4, 0.5) is 0 Å². The lowest BCUT2D eigenvalue weighted by Gasteiger charge is -2.26. The molecule has 2 aliphatic rings. The fourth-order valence-corrected chi connectivity index (χ4v) is 5.13. The maximum atomic E-state index is 13.5. The Morgan fingerprint density at radius 2 is 1.71 bits per heavy atom. The van der Waals surface area contributed by atoms with Crippen LogP contribution in [0.5, 0.6) is 17.2 Å². The first-order chi connectivity index (χ1) is 18.4. The second kappa shape index (κ2) is 10.6. The number of aliphatic hydroxyl groups is 1. The molecule has 196 valence electrons. The Hall–Kier alpha value is -4.26. The van der Waals surface area contributed by atoms with Gasteiger partial charge in [-0.3, -0.25) is 9.59 Å². The first-order valence-corrected chi connectivity index (χ1v) is 12.9. The Balaban J connectivity index is 1.65. The minimum atomic E-state index is -0.812. The Morgan fingerprint density at radius 3 is 2.45 bits per heavy atom. The van der Waals surface area contributed by atoms with Crippen LogP contribution >= 0.6 is 0 Å². The highest BCUT2D eigenvalue weighted by molar-refractivity contribution is 6.46. The lowest BCUT2D eigenvalue weighted by molar-refractivity contribution is -0.140. The van der Waals surface area contributed by atoms with Crippen LogP contribution in [0, 0.1) is 0 Å². The molecular formula is C31H31NO6. The molecule has 0 radical (unpaired) electrons. The van der Waals surface area contributed by atoms with E-state index in [-0.39, 0.29) is 24.0 Å². The van der Waals surface area contributed by atoms with E-state index in [1.807, 2.05) is 63.2 Å². The summed E-state index contributed by atoms with van der Waals surface area (Å²) in [6.45, 7) is 6.84. The van der Waals surface area contributed by atoms with E-state index in [0.717, 1.165) is 16.9 Å². The van der Waals surface area contributed by atoms with E-state index in [9.17, 15) is 14.7 Å². The summed E-state index contributed by atoms with van der Waals surface area (Å²) in [5, 5.41) is 11.5. The molecule has 2 atom stereocenters. The second-order valence-corrected chi connectivity index (χ2v) is 9.44. The maximum Gasteiger partial charge on any atom is 0.295 e. The van der Waals surface area contributed by atoms with Crippen LogP contribution < -0.4 is 14.2 Å². The molecule has 7 nitrogen and oxygen atoms in total. The zero-order valence-electron chi connectivity index (χ0n) is 21.8. The van der Waals surface area contributed by atoms with E-state index in [1.165, 1.54) is 4.90 Å². The van der Waals surface area contributed by atoms with E-state index in [2.05, 4.69) is 0 Å². The van der Waals surface area contributed by atoms with E-state index in [0.29, 0.717) is 42.3 Å². The third-order valence-corrected chi connectivity index (χ3v) is 6.79. The van der Waals surface area contributed by atoms with Crippen molar-refractivity contribution in [2.24, 2.45) is 0 Å². The summed E-state index contributed by atoms with van der Waals surface area (Å²) >= 11 is 0. The smallest absolute Gasteiger partial charge is 0.295 e. The summed E-state index contributed by atoms with van der Waals surface area (Å²) in [5.41, 5.74) is 2.99. The van der Waals surface area contributed by atoms with Gasteiger partial charge in [0, 0.05) is 18.5 Å². The SMILES string of the molecule is CCOc1ccc([C@@H]2C(=C(O)c3ccc4c(c3)C[C@@H](C)O4)C(=O)C(=O)N2Cc2ccccc2)cc1OCC. The third kappa shape index (κ3) is 4.72. The second-order valence-electron chi connectivity index (χ2n) is 9.44. The van der Waals surface area contributed by atoms with Crippen molar-refractivity contribution >= 4 is 17.4 Å². The normalized spacial score (nSPS) is 19.8. The quantitative estimate of drug-likeness (QED) is 0.246. The molecule has 1 amide bonds. The van der Waals surface area contributed by atoms with Crippen LogP contribution in [-0.4, -0.2) is 41.0 Å². The molecule has 3 aromatic rings. The first-order valence-electron chi connectivity index (χ1n) is 12.9. The molecule has 1 fully saturated rings. The maximum absolute atomic E-state index is 13.5. The standard InChI is InChI=1S/C31H31NO6/c1-4-36-25-14-11-21(17-26(25)37-5-2)28-27(29(33)22-12-13-24-23(16-22)15-19(3)38-24)30(34)31(35)32(28)18-20-9-7-6-8-10-20/h6-14,16-17,19,28,33H,4-5,15,18H2,1-3H3/t19-,28-/m1/s1. The lowest BCUT2D eigenvalue weighted by Crippen LogP contribution is -2.29. The molecule has 2 aliphatic heterocycles. The van der Waals surface area contributed by atoms with Gasteiger partial charge >= 0.3 is 0 Å². The number of Topliss-reactive ketones (excluding diaryl/α,β-unsaturated/α-hetero) is 1. The molecule has 3 aromatic carbocycles. The molecule has 0 aliphatic carbocycles. The minimum Gasteiger partial charge on any atom is -0.507 e. The van der Waals surface area contributed by atoms with E-state index in [1.54, 1.807) is 24.3 Å². The number of nitrogens with zero attached hydrogens (tertiary/aromatic N) is 1. The molecular weight excluding hydrogens is 482 g/mol. The summed E-state index contributed by atoms with van der Waals surface area (Å²) in [6, 6.07) is 19.4. The number of carbonyl (C=O) groups is 2. The molecule has 1 saturated heterocycles. The number of carbonyl (C=O) groups excluding carboxylic acids is 2. The van der Waals surface area contributed by atoms with Crippen LogP contribution in [0.15, 0.2) is 72.3 Å². The van der Waals surface area contributed by atoms with Crippen molar-refractivity contribution in [3.05, 3.63) is 94.6 Å². The van der Waals surface area contributed by atoms with Crippen LogP contribution in [-0.2, 0) is 22.6 Å². The van der Waals surface area contributed by atoms with Gasteiger partial charge < -0.3 is 24.2 Å². The van der Waals surface area contributed by atoms with Crippen molar-refractivity contribution in [3.63, 3.8) is 0 Å². The van der Waals surface area contributed by atoms with Gasteiger partial charge in [0.15, 0.2) is 11.5 Å². The van der Waals surface area contributed by atoms with Crippen LogP contribution in [0.3, 0.4) is 0 Å². The average molecular weight is 514 g/mol. The van der Waals surface area contributed by atoms with Crippen molar-refractivity contribution in [3.8, 4) is 17.2 Å². The van der Waals surface area contributed by atoms with Gasteiger partial charge in [-0.2, -0.15) is 0 Å². The van der Waals surface area contributed by atoms with Gasteiger partial charge in [-0.05, 0) is 67.8 Å². The summed E-state index contributed by atoms with van der Waals surface area (Å²) in [7, 11) is 0. The topological polar surface area (TPSA) is 85.3 Å². The molecule has 1 N–H and O–H groups in total. The number of ether oxygens (including phenoxy) is 3. The van der Waals surface area contributed by atoms with Crippen molar-refractivity contribution < 1.29 is 28.9 Å². The average Bonchev–Trinajstić information content (AvgIpc) is 3.41. The molecule has 5 rings (SSSR count). The number of rotatable bonds is 8. The van der Waals surface area contributed by atoms with Crippen LogP contribution in [0.2, 0.25) is 0 Å². The monoisotopic (exact) mass is 513 g/mol. The number of hydrogen-bond acceptors (Lipinski definition) is 6. The predicted octanol–water partition coefficient (Wildman–Crippen LogP) is 5.43. The number of benzene rings is 3. The fourth-order valence-electron chi connectivity index (χ4n) is 5.13. The highest BCUT2D eigenvalue weighted by Crippen LogP contribution is 2.43. The molecule has 0 bridgehead atoms. The van der Waals surface area contributed by atoms with Gasteiger partial charge in [-0.1, -0.05) is 36.4 Å². The number of ketones is 1. The summed E-state index contributed by atoms with van der Waals surface area (Å²) in [6.07, 6.45) is 0.749. The molecule has 0 aromatic heterocycles.